The van der Waals surface area contributed by atoms with Gasteiger partial charge in [0.25, 0.3) is 11.5 Å². The molecule has 4 rings (SSSR count). The smallest absolute Gasteiger partial charge is 0.287 e. The van der Waals surface area contributed by atoms with Gasteiger partial charge in [-0.05, 0) is 25.5 Å². The van der Waals surface area contributed by atoms with Crippen LogP contribution in [0, 0.1) is 13.8 Å². The minimum absolute atomic E-state index is 0.0239. The molecule has 0 atom stereocenters. The van der Waals surface area contributed by atoms with Crippen LogP contribution in [0.4, 0.5) is 5.82 Å². The fourth-order valence-electron chi connectivity index (χ4n) is 3.30. The van der Waals surface area contributed by atoms with Gasteiger partial charge in [-0.15, -0.1) is 0 Å². The largest absolute Gasteiger partial charge is 0.497 e. The van der Waals surface area contributed by atoms with E-state index in [2.05, 4.69) is 20.4 Å². The third-order valence-corrected chi connectivity index (χ3v) is 4.65. The molecule has 0 radical (unpaired) electrons. The van der Waals surface area contributed by atoms with Gasteiger partial charge >= 0.3 is 0 Å². The topological polar surface area (TPSA) is 101 Å². The number of aromatic amines is 1. The Hall–Kier alpha value is -3.94. The van der Waals surface area contributed by atoms with Gasteiger partial charge in [-0.1, -0.05) is 30.3 Å². The Morgan fingerprint density at radius 3 is 2.66 bits per heavy atom. The Bertz CT molecular complexity index is 1270. The lowest BCUT2D eigenvalue weighted by Gasteiger charge is -2.09. The molecule has 1 aromatic carbocycles. The van der Waals surface area contributed by atoms with Crippen LogP contribution in [0.3, 0.4) is 0 Å². The number of fused-ring (bicyclic) bond motifs is 1. The number of nitrogens with zero attached hydrogens (tertiary/aromatic N) is 3. The molecule has 0 unspecified atom stereocenters. The van der Waals surface area contributed by atoms with Crippen molar-refractivity contribution < 1.29 is 9.53 Å². The Balaban J connectivity index is 1.80. The number of nitrogens with one attached hydrogen (secondary N) is 2. The summed E-state index contributed by atoms with van der Waals surface area (Å²) in [6.07, 6.45) is 1.51. The van der Waals surface area contributed by atoms with E-state index in [9.17, 15) is 9.59 Å². The summed E-state index contributed by atoms with van der Waals surface area (Å²) in [7, 11) is 1.52. The average Bonchev–Trinajstić information content (AvgIpc) is 3.05. The molecule has 0 spiro atoms. The molecule has 3 heterocycles. The molecule has 0 fully saturated rings. The molecule has 0 saturated heterocycles. The minimum atomic E-state index is -0.569. The van der Waals surface area contributed by atoms with E-state index in [1.165, 1.54) is 17.8 Å². The van der Waals surface area contributed by atoms with E-state index >= 15 is 0 Å². The Morgan fingerprint density at radius 2 is 1.93 bits per heavy atom. The Morgan fingerprint density at radius 1 is 1.17 bits per heavy atom. The number of hydrogen-bond acceptors (Lipinski definition) is 5. The van der Waals surface area contributed by atoms with Gasteiger partial charge in [-0.25, -0.2) is 4.98 Å². The monoisotopic (exact) mass is 389 g/mol. The van der Waals surface area contributed by atoms with E-state index in [1.807, 2.05) is 37.3 Å². The number of benzene rings is 1. The summed E-state index contributed by atoms with van der Waals surface area (Å²) in [6, 6.07) is 12.9. The van der Waals surface area contributed by atoms with Crippen molar-refractivity contribution in [2.24, 2.45) is 0 Å². The number of carbonyl (C=O) groups excluding carboxylic acids is 1. The number of H-pyrrole nitrogens is 1. The number of amides is 1. The first kappa shape index (κ1) is 18.4. The molecule has 0 aliphatic heterocycles. The molecular weight excluding hydrogens is 370 g/mol. The maximum absolute atomic E-state index is 13.1. The van der Waals surface area contributed by atoms with Crippen molar-refractivity contribution in [2.75, 3.05) is 12.4 Å². The van der Waals surface area contributed by atoms with Crippen molar-refractivity contribution in [1.29, 1.82) is 0 Å². The van der Waals surface area contributed by atoms with Crippen LogP contribution in [0.5, 0.6) is 5.75 Å². The maximum atomic E-state index is 13.1. The first-order valence-corrected chi connectivity index (χ1v) is 8.98. The fourth-order valence-corrected chi connectivity index (χ4v) is 3.30. The second-order valence-electron chi connectivity index (χ2n) is 6.55. The van der Waals surface area contributed by atoms with Crippen LogP contribution in [0.1, 0.15) is 21.7 Å². The quantitative estimate of drug-likeness (QED) is 0.559. The van der Waals surface area contributed by atoms with Gasteiger partial charge in [0.15, 0.2) is 0 Å². The normalized spacial score (nSPS) is 10.9. The van der Waals surface area contributed by atoms with E-state index in [1.54, 1.807) is 19.1 Å². The molecule has 0 saturated carbocycles. The SMILES string of the molecule is COc1ccnc(NC(=O)c2c(C)[nH]c3c(-c4ccccc4)c(C)nn3c2=O)c1. The summed E-state index contributed by atoms with van der Waals surface area (Å²) < 4.78 is 6.37. The van der Waals surface area contributed by atoms with Crippen molar-refractivity contribution >= 4 is 17.4 Å². The summed E-state index contributed by atoms with van der Waals surface area (Å²) >= 11 is 0. The van der Waals surface area contributed by atoms with Crippen molar-refractivity contribution in [2.45, 2.75) is 13.8 Å². The highest BCUT2D eigenvalue weighted by Gasteiger charge is 2.22. The zero-order valence-electron chi connectivity index (χ0n) is 16.2. The summed E-state index contributed by atoms with van der Waals surface area (Å²) in [6.45, 7) is 3.52. The summed E-state index contributed by atoms with van der Waals surface area (Å²) in [5.41, 5.74) is 2.93. The predicted octanol–water partition coefficient (Wildman–Crippen LogP) is 2.96. The third-order valence-electron chi connectivity index (χ3n) is 4.65. The number of carbonyl (C=O) groups is 1. The lowest BCUT2D eigenvalue weighted by Crippen LogP contribution is -2.29. The summed E-state index contributed by atoms with van der Waals surface area (Å²) in [4.78, 5) is 33.1. The molecule has 0 aliphatic rings. The number of aromatic nitrogens is 4. The minimum Gasteiger partial charge on any atom is -0.497 e. The van der Waals surface area contributed by atoms with Gasteiger partial charge < -0.3 is 15.0 Å². The van der Waals surface area contributed by atoms with E-state index in [-0.39, 0.29) is 11.4 Å². The molecule has 4 aromatic rings. The van der Waals surface area contributed by atoms with E-state index in [0.29, 0.717) is 22.8 Å². The molecule has 146 valence electrons. The van der Waals surface area contributed by atoms with Crippen LogP contribution in [-0.4, -0.2) is 32.6 Å². The number of ether oxygens (including phenoxy) is 1. The average molecular weight is 389 g/mol. The van der Waals surface area contributed by atoms with Gasteiger partial charge in [-0.3, -0.25) is 9.59 Å². The number of aryl methyl sites for hydroxylation is 2. The standard InChI is InChI=1S/C21H19N5O3/c1-12-18(20(27)24-16-11-15(29-3)9-10-22-16)21(28)26-19(23-12)17(13(2)25-26)14-7-5-4-6-8-14/h4-11,23H,1-3H3,(H,22,24,27). The van der Waals surface area contributed by atoms with Crippen LogP contribution < -0.4 is 15.6 Å². The van der Waals surface area contributed by atoms with Crippen LogP contribution in [-0.2, 0) is 0 Å². The number of pyridine rings is 1. The van der Waals surface area contributed by atoms with Crippen molar-refractivity contribution in [3.05, 3.63) is 76.0 Å². The molecule has 8 heteroatoms. The predicted molar refractivity (Wildman–Crippen MR) is 109 cm³/mol. The first-order valence-electron chi connectivity index (χ1n) is 8.98. The molecule has 3 aromatic heterocycles. The van der Waals surface area contributed by atoms with Crippen LogP contribution >= 0.6 is 0 Å². The van der Waals surface area contributed by atoms with Gasteiger partial charge in [-0.2, -0.15) is 9.61 Å². The van der Waals surface area contributed by atoms with Crippen LogP contribution in [0.15, 0.2) is 53.5 Å². The molecule has 2 N–H and O–H groups in total. The fraction of sp³-hybridized carbons (Fsp3) is 0.143. The number of methoxy groups -OCH3 is 1. The van der Waals surface area contributed by atoms with Crippen LogP contribution in [0.2, 0.25) is 0 Å². The molecule has 8 nitrogen and oxygen atoms in total. The highest BCUT2D eigenvalue weighted by Crippen LogP contribution is 2.26. The lowest BCUT2D eigenvalue weighted by molar-refractivity contribution is 0.102. The van der Waals surface area contributed by atoms with E-state index < -0.39 is 11.5 Å². The zero-order valence-corrected chi connectivity index (χ0v) is 16.2. The van der Waals surface area contributed by atoms with Gasteiger partial charge in [0.1, 0.15) is 22.8 Å². The Kier molecular flexibility index (Phi) is 4.59. The van der Waals surface area contributed by atoms with Crippen molar-refractivity contribution in [1.82, 2.24) is 19.6 Å². The molecule has 0 aliphatic carbocycles. The molecule has 1 amide bonds. The van der Waals surface area contributed by atoms with Gasteiger partial charge in [0, 0.05) is 23.5 Å². The third kappa shape index (κ3) is 3.25. The number of rotatable bonds is 4. The summed E-state index contributed by atoms with van der Waals surface area (Å²) in [5, 5.41) is 7.01. The molecular formula is C21H19N5O3. The van der Waals surface area contributed by atoms with Crippen LogP contribution in [0.25, 0.3) is 16.8 Å². The molecule has 29 heavy (non-hydrogen) atoms. The van der Waals surface area contributed by atoms with Crippen molar-refractivity contribution in [3.63, 3.8) is 0 Å². The number of hydrogen-bond donors (Lipinski definition) is 2. The van der Waals surface area contributed by atoms with Gasteiger partial charge in [0.2, 0.25) is 0 Å². The lowest BCUT2D eigenvalue weighted by atomic mass is 10.1. The van der Waals surface area contributed by atoms with E-state index in [0.717, 1.165) is 11.1 Å². The number of anilines is 1. The molecule has 0 bridgehead atoms. The first-order chi connectivity index (χ1) is 14.0. The zero-order chi connectivity index (χ0) is 20.5. The highest BCUT2D eigenvalue weighted by molar-refractivity contribution is 6.04. The highest BCUT2D eigenvalue weighted by atomic mass is 16.5. The van der Waals surface area contributed by atoms with Crippen molar-refractivity contribution in [3.8, 4) is 16.9 Å². The summed E-state index contributed by atoms with van der Waals surface area (Å²) in [5.74, 6) is 0.266. The Labute approximate surface area is 166 Å². The van der Waals surface area contributed by atoms with Gasteiger partial charge in [0.05, 0.1) is 12.8 Å². The van der Waals surface area contributed by atoms with E-state index in [4.69, 9.17) is 4.74 Å². The second kappa shape index (κ2) is 7.23. The maximum Gasteiger partial charge on any atom is 0.287 e. The second-order valence-corrected chi connectivity index (χ2v) is 6.55.